The molecule has 25 heavy (non-hydrogen) atoms. The van der Waals surface area contributed by atoms with Crippen LogP contribution in [0.3, 0.4) is 0 Å². The Morgan fingerprint density at radius 2 is 1.76 bits per heavy atom. The fourth-order valence-corrected chi connectivity index (χ4v) is 2.48. The number of rotatable bonds is 5. The first-order valence-corrected chi connectivity index (χ1v) is 8.04. The van der Waals surface area contributed by atoms with Gasteiger partial charge in [0.2, 0.25) is 6.10 Å². The van der Waals surface area contributed by atoms with E-state index in [-0.39, 0.29) is 16.6 Å². The number of benzene rings is 2. The lowest BCUT2D eigenvalue weighted by molar-refractivity contribution is -0.130. The molecule has 0 saturated heterocycles. The number of amides is 1. The second-order valence-corrected chi connectivity index (χ2v) is 6.13. The Hall–Kier alpha value is -2.47. The maximum atomic E-state index is 13.4. The zero-order valence-electron chi connectivity index (χ0n) is 13.0. The van der Waals surface area contributed by atoms with Crippen LogP contribution in [0.15, 0.2) is 42.5 Å². The van der Waals surface area contributed by atoms with Gasteiger partial charge in [-0.3, -0.25) is 4.79 Å². The standard InChI is InChI=1S/C18H14ClF2NO3/c19-13-9-15(21)14(20)8-12(13)18(24)25-16(10-4-2-1-3-5-10)17(23)22-11-6-7-11/h1-5,8-9,11,16H,6-7H2,(H,22,23). The molecule has 1 atom stereocenters. The topological polar surface area (TPSA) is 55.4 Å². The smallest absolute Gasteiger partial charge is 0.340 e. The van der Waals surface area contributed by atoms with Gasteiger partial charge in [0.1, 0.15) is 0 Å². The largest absolute Gasteiger partial charge is 0.444 e. The van der Waals surface area contributed by atoms with E-state index in [1.54, 1.807) is 30.3 Å². The molecule has 1 fully saturated rings. The Morgan fingerprint density at radius 3 is 2.40 bits per heavy atom. The van der Waals surface area contributed by atoms with Crippen molar-refractivity contribution in [3.05, 3.63) is 70.2 Å². The third kappa shape index (κ3) is 4.14. The molecule has 0 heterocycles. The summed E-state index contributed by atoms with van der Waals surface area (Å²) in [6.45, 7) is 0. The molecule has 2 aromatic carbocycles. The SMILES string of the molecule is O=C(OC(C(=O)NC1CC1)c1ccccc1)c1cc(F)c(F)cc1Cl. The van der Waals surface area contributed by atoms with Gasteiger partial charge in [0.05, 0.1) is 10.6 Å². The molecule has 130 valence electrons. The highest BCUT2D eigenvalue weighted by Gasteiger charge is 2.31. The van der Waals surface area contributed by atoms with Crippen LogP contribution in [0.25, 0.3) is 0 Å². The van der Waals surface area contributed by atoms with E-state index in [9.17, 15) is 18.4 Å². The van der Waals surface area contributed by atoms with Crippen molar-refractivity contribution in [2.75, 3.05) is 0 Å². The van der Waals surface area contributed by atoms with Crippen LogP contribution in [-0.2, 0) is 9.53 Å². The molecule has 0 aromatic heterocycles. The van der Waals surface area contributed by atoms with Gasteiger partial charge < -0.3 is 10.1 Å². The normalized spacial score (nSPS) is 14.7. The third-order valence-electron chi connectivity index (χ3n) is 3.72. The van der Waals surface area contributed by atoms with Gasteiger partial charge in [-0.05, 0) is 25.0 Å². The van der Waals surface area contributed by atoms with Crippen molar-refractivity contribution in [1.29, 1.82) is 0 Å². The summed E-state index contributed by atoms with van der Waals surface area (Å²) in [5.74, 6) is -3.88. The van der Waals surface area contributed by atoms with Gasteiger partial charge in [-0.2, -0.15) is 0 Å². The summed E-state index contributed by atoms with van der Waals surface area (Å²) in [6, 6.07) is 9.85. The number of esters is 1. The predicted molar refractivity (Wildman–Crippen MR) is 87.1 cm³/mol. The van der Waals surface area contributed by atoms with Crippen molar-refractivity contribution >= 4 is 23.5 Å². The molecular weight excluding hydrogens is 352 g/mol. The van der Waals surface area contributed by atoms with Crippen molar-refractivity contribution < 1.29 is 23.1 Å². The maximum absolute atomic E-state index is 13.4. The van der Waals surface area contributed by atoms with Gasteiger partial charge in [-0.25, -0.2) is 13.6 Å². The van der Waals surface area contributed by atoms with Crippen molar-refractivity contribution in [1.82, 2.24) is 5.32 Å². The Morgan fingerprint density at radius 1 is 1.12 bits per heavy atom. The van der Waals surface area contributed by atoms with Gasteiger partial charge in [-0.1, -0.05) is 41.9 Å². The Kier molecular flexibility index (Phi) is 4.99. The molecule has 1 saturated carbocycles. The number of halogens is 3. The average Bonchev–Trinajstić information content (AvgIpc) is 3.40. The summed E-state index contributed by atoms with van der Waals surface area (Å²) in [6.07, 6.45) is 0.533. The van der Waals surface area contributed by atoms with E-state index >= 15 is 0 Å². The van der Waals surface area contributed by atoms with E-state index in [1.165, 1.54) is 0 Å². The minimum atomic E-state index is -1.23. The van der Waals surface area contributed by atoms with E-state index in [0.29, 0.717) is 17.7 Å². The minimum absolute atomic E-state index is 0.0734. The summed E-state index contributed by atoms with van der Waals surface area (Å²) in [5.41, 5.74) is 0.119. The zero-order chi connectivity index (χ0) is 18.0. The molecule has 0 radical (unpaired) electrons. The Bertz CT molecular complexity index is 809. The van der Waals surface area contributed by atoms with Crippen LogP contribution in [0.4, 0.5) is 8.78 Å². The molecule has 1 aliphatic carbocycles. The quantitative estimate of drug-likeness (QED) is 0.647. The molecule has 4 nitrogen and oxygen atoms in total. The summed E-state index contributed by atoms with van der Waals surface area (Å²) in [7, 11) is 0. The Balaban J connectivity index is 1.85. The summed E-state index contributed by atoms with van der Waals surface area (Å²) in [5, 5.41) is 2.47. The van der Waals surface area contributed by atoms with E-state index in [1.807, 2.05) is 0 Å². The van der Waals surface area contributed by atoms with Crippen molar-refractivity contribution in [2.45, 2.75) is 25.0 Å². The maximum Gasteiger partial charge on any atom is 0.340 e. The summed E-state index contributed by atoms with van der Waals surface area (Å²) in [4.78, 5) is 24.8. The molecule has 3 rings (SSSR count). The number of hydrogen-bond donors (Lipinski definition) is 1. The molecule has 7 heteroatoms. The molecule has 1 N–H and O–H groups in total. The lowest BCUT2D eigenvalue weighted by Crippen LogP contribution is -2.33. The van der Waals surface area contributed by atoms with E-state index in [2.05, 4.69) is 5.32 Å². The number of ether oxygens (including phenoxy) is 1. The molecule has 1 unspecified atom stereocenters. The fourth-order valence-electron chi connectivity index (χ4n) is 2.25. The first-order valence-electron chi connectivity index (χ1n) is 7.66. The van der Waals surface area contributed by atoms with E-state index in [4.69, 9.17) is 16.3 Å². The van der Waals surface area contributed by atoms with E-state index in [0.717, 1.165) is 12.8 Å². The molecule has 0 aliphatic heterocycles. The van der Waals surface area contributed by atoms with E-state index < -0.39 is 29.6 Å². The second-order valence-electron chi connectivity index (χ2n) is 5.73. The number of carbonyl (C=O) groups is 2. The lowest BCUT2D eigenvalue weighted by Gasteiger charge is -2.18. The molecule has 2 aromatic rings. The highest BCUT2D eigenvalue weighted by Crippen LogP contribution is 2.26. The molecular formula is C18H14ClF2NO3. The second kappa shape index (κ2) is 7.19. The third-order valence-corrected chi connectivity index (χ3v) is 4.03. The Labute approximate surface area is 147 Å². The van der Waals surface area contributed by atoms with Crippen LogP contribution in [-0.4, -0.2) is 17.9 Å². The van der Waals surface area contributed by atoms with Gasteiger partial charge in [0.25, 0.3) is 5.91 Å². The van der Waals surface area contributed by atoms with Crippen LogP contribution in [0.5, 0.6) is 0 Å². The summed E-state index contributed by atoms with van der Waals surface area (Å²) < 4.78 is 31.8. The van der Waals surface area contributed by atoms with Crippen molar-refractivity contribution in [2.24, 2.45) is 0 Å². The highest BCUT2D eigenvalue weighted by atomic mass is 35.5. The van der Waals surface area contributed by atoms with Crippen molar-refractivity contribution in [3.63, 3.8) is 0 Å². The van der Waals surface area contributed by atoms with Crippen LogP contribution in [0, 0.1) is 11.6 Å². The fraction of sp³-hybridized carbons (Fsp3) is 0.222. The first-order chi connectivity index (χ1) is 12.0. The van der Waals surface area contributed by atoms with Crippen LogP contribution in [0.1, 0.15) is 34.9 Å². The van der Waals surface area contributed by atoms with Crippen molar-refractivity contribution in [3.8, 4) is 0 Å². The molecule has 1 amide bonds. The van der Waals surface area contributed by atoms with Gasteiger partial charge in [0.15, 0.2) is 11.6 Å². The van der Waals surface area contributed by atoms with Gasteiger partial charge in [-0.15, -0.1) is 0 Å². The number of hydrogen-bond acceptors (Lipinski definition) is 3. The first kappa shape index (κ1) is 17.4. The lowest BCUT2D eigenvalue weighted by atomic mass is 10.1. The van der Waals surface area contributed by atoms with Gasteiger partial charge in [0, 0.05) is 11.6 Å². The van der Waals surface area contributed by atoms with Crippen LogP contribution >= 0.6 is 11.6 Å². The zero-order valence-corrected chi connectivity index (χ0v) is 13.7. The van der Waals surface area contributed by atoms with Crippen LogP contribution in [0.2, 0.25) is 5.02 Å². The van der Waals surface area contributed by atoms with Gasteiger partial charge >= 0.3 is 5.97 Å². The van der Waals surface area contributed by atoms with Crippen LogP contribution < -0.4 is 5.32 Å². The molecule has 1 aliphatic rings. The minimum Gasteiger partial charge on any atom is -0.444 e. The molecule has 0 bridgehead atoms. The predicted octanol–water partition coefficient (Wildman–Crippen LogP) is 3.79. The summed E-state index contributed by atoms with van der Waals surface area (Å²) >= 11 is 5.79. The highest BCUT2D eigenvalue weighted by molar-refractivity contribution is 6.33. The molecule has 0 spiro atoms. The monoisotopic (exact) mass is 365 g/mol. The number of nitrogens with one attached hydrogen (secondary N) is 1. The average molecular weight is 366 g/mol. The number of carbonyl (C=O) groups excluding carboxylic acids is 2.